The molecule has 0 amide bonds. The van der Waals surface area contributed by atoms with E-state index in [1.54, 1.807) is 24.3 Å². The van der Waals surface area contributed by atoms with Crippen molar-refractivity contribution < 1.29 is 28.9 Å². The maximum Gasteiger partial charge on any atom is 0.342 e. The molecule has 0 bridgehead atoms. The number of methoxy groups -OCH3 is 2. The summed E-state index contributed by atoms with van der Waals surface area (Å²) in [7, 11) is 2.82. The van der Waals surface area contributed by atoms with Crippen molar-refractivity contribution >= 4 is 11.8 Å². The zero-order chi connectivity index (χ0) is 16.8. The third-order valence-electron chi connectivity index (χ3n) is 3.18. The lowest BCUT2D eigenvalue weighted by atomic mass is 10.1. The number of hydrogen-bond acceptors (Lipinski definition) is 6. The van der Waals surface area contributed by atoms with E-state index in [4.69, 9.17) is 14.2 Å². The molecule has 0 aliphatic carbocycles. The van der Waals surface area contributed by atoms with Gasteiger partial charge in [0.15, 0.2) is 18.1 Å². The van der Waals surface area contributed by atoms with Gasteiger partial charge in [0.1, 0.15) is 11.3 Å². The van der Waals surface area contributed by atoms with Crippen LogP contribution in [-0.4, -0.2) is 37.7 Å². The average molecular weight is 316 g/mol. The lowest BCUT2D eigenvalue weighted by Crippen LogP contribution is -2.15. The predicted octanol–water partition coefficient (Wildman–Crippen LogP) is 2.45. The van der Waals surface area contributed by atoms with E-state index < -0.39 is 18.4 Å². The number of phenols is 1. The van der Waals surface area contributed by atoms with Crippen molar-refractivity contribution in [3.63, 3.8) is 0 Å². The summed E-state index contributed by atoms with van der Waals surface area (Å²) in [6, 6.07) is 11.1. The molecular weight excluding hydrogens is 300 g/mol. The minimum atomic E-state index is -0.815. The van der Waals surface area contributed by atoms with Crippen LogP contribution in [0.1, 0.15) is 20.7 Å². The van der Waals surface area contributed by atoms with Gasteiger partial charge in [-0.2, -0.15) is 0 Å². The standard InChI is InChI=1S/C17H16O6/c1-21-14-8-4-3-6-11(14)13(18)10-23-17(20)12-7-5-9-15(22-2)16(12)19/h3-9,19H,10H2,1-2H3. The average Bonchev–Trinajstić information content (AvgIpc) is 2.59. The Bertz CT molecular complexity index is 723. The number of hydrogen-bond donors (Lipinski definition) is 1. The molecule has 0 atom stereocenters. The van der Waals surface area contributed by atoms with E-state index in [0.29, 0.717) is 11.3 Å². The molecule has 0 heterocycles. The molecule has 6 nitrogen and oxygen atoms in total. The summed E-state index contributed by atoms with van der Waals surface area (Å²) >= 11 is 0. The van der Waals surface area contributed by atoms with Crippen LogP contribution < -0.4 is 9.47 Å². The number of carbonyl (C=O) groups is 2. The first kappa shape index (κ1) is 16.4. The molecule has 1 N–H and O–H groups in total. The van der Waals surface area contributed by atoms with Gasteiger partial charge in [-0.05, 0) is 24.3 Å². The second kappa shape index (κ2) is 7.31. The second-order valence-electron chi connectivity index (χ2n) is 4.56. The molecule has 2 aromatic rings. The Hall–Kier alpha value is -3.02. The summed E-state index contributed by atoms with van der Waals surface area (Å²) < 4.78 is 15.0. The molecule has 0 unspecified atom stereocenters. The Morgan fingerprint density at radius 1 is 0.913 bits per heavy atom. The van der Waals surface area contributed by atoms with Crippen LogP contribution >= 0.6 is 0 Å². The van der Waals surface area contributed by atoms with E-state index >= 15 is 0 Å². The fourth-order valence-electron chi connectivity index (χ4n) is 2.01. The summed E-state index contributed by atoms with van der Waals surface area (Å²) in [5, 5.41) is 9.89. The highest BCUT2D eigenvalue weighted by atomic mass is 16.5. The van der Waals surface area contributed by atoms with Gasteiger partial charge < -0.3 is 19.3 Å². The highest BCUT2D eigenvalue weighted by Gasteiger charge is 2.19. The smallest absolute Gasteiger partial charge is 0.342 e. The number of para-hydroxylation sites is 2. The van der Waals surface area contributed by atoms with E-state index in [1.807, 2.05) is 0 Å². The molecule has 120 valence electrons. The first-order valence-electron chi connectivity index (χ1n) is 6.77. The molecule has 0 aliphatic heterocycles. The largest absolute Gasteiger partial charge is 0.504 e. The highest BCUT2D eigenvalue weighted by molar-refractivity contribution is 6.01. The number of esters is 1. The number of ketones is 1. The third-order valence-corrected chi connectivity index (χ3v) is 3.18. The van der Waals surface area contributed by atoms with Gasteiger partial charge in [0.05, 0.1) is 19.8 Å². The molecule has 0 saturated heterocycles. The van der Waals surface area contributed by atoms with Gasteiger partial charge in [0, 0.05) is 0 Å². The third kappa shape index (κ3) is 3.60. The van der Waals surface area contributed by atoms with Crippen LogP contribution in [0.25, 0.3) is 0 Å². The Morgan fingerprint density at radius 3 is 2.22 bits per heavy atom. The molecule has 0 aliphatic rings. The van der Waals surface area contributed by atoms with E-state index in [9.17, 15) is 14.7 Å². The molecule has 6 heteroatoms. The lowest BCUT2D eigenvalue weighted by molar-refractivity contribution is 0.0470. The Balaban J connectivity index is 2.09. The van der Waals surface area contributed by atoms with Crippen molar-refractivity contribution in [2.75, 3.05) is 20.8 Å². The Kier molecular flexibility index (Phi) is 5.19. The molecule has 0 radical (unpaired) electrons. The van der Waals surface area contributed by atoms with Gasteiger partial charge >= 0.3 is 5.97 Å². The van der Waals surface area contributed by atoms with Crippen molar-refractivity contribution in [3.05, 3.63) is 53.6 Å². The van der Waals surface area contributed by atoms with Crippen LogP contribution in [0.2, 0.25) is 0 Å². The van der Waals surface area contributed by atoms with E-state index in [-0.39, 0.29) is 17.1 Å². The quantitative estimate of drug-likeness (QED) is 0.651. The number of phenolic OH excluding ortho intramolecular Hbond substituents is 1. The van der Waals surface area contributed by atoms with Crippen LogP contribution in [0, 0.1) is 0 Å². The summed E-state index contributed by atoms with van der Waals surface area (Å²) in [5.74, 6) is -0.999. The maximum atomic E-state index is 12.1. The van der Waals surface area contributed by atoms with Gasteiger partial charge in [0.2, 0.25) is 5.78 Å². The molecule has 2 aromatic carbocycles. The number of Topliss-reactive ketones (excluding diaryl/α,β-unsaturated/α-hetero) is 1. The van der Waals surface area contributed by atoms with E-state index in [2.05, 4.69) is 0 Å². The normalized spacial score (nSPS) is 10.0. The first-order chi connectivity index (χ1) is 11.1. The second-order valence-corrected chi connectivity index (χ2v) is 4.56. The molecule has 23 heavy (non-hydrogen) atoms. The number of aromatic hydroxyl groups is 1. The molecule has 0 aromatic heterocycles. The molecule has 0 saturated carbocycles. The minimum absolute atomic E-state index is 0.0721. The number of ether oxygens (including phenoxy) is 3. The summed E-state index contributed by atoms with van der Waals surface area (Å²) in [6.45, 7) is -0.462. The van der Waals surface area contributed by atoms with Gasteiger partial charge in [0.25, 0.3) is 0 Å². The van der Waals surface area contributed by atoms with Crippen molar-refractivity contribution in [3.8, 4) is 17.2 Å². The van der Waals surface area contributed by atoms with Gasteiger partial charge in [-0.15, -0.1) is 0 Å². The summed E-state index contributed by atoms with van der Waals surface area (Å²) in [6.07, 6.45) is 0. The fourth-order valence-corrected chi connectivity index (χ4v) is 2.01. The van der Waals surface area contributed by atoms with Crippen molar-refractivity contribution in [2.45, 2.75) is 0 Å². The topological polar surface area (TPSA) is 82.1 Å². The summed E-state index contributed by atoms with van der Waals surface area (Å²) in [4.78, 5) is 24.1. The van der Waals surface area contributed by atoms with Gasteiger partial charge in [-0.25, -0.2) is 4.79 Å². The van der Waals surface area contributed by atoms with E-state index in [1.165, 1.54) is 32.4 Å². The van der Waals surface area contributed by atoms with Crippen molar-refractivity contribution in [1.29, 1.82) is 0 Å². The van der Waals surface area contributed by atoms with Crippen LogP contribution in [-0.2, 0) is 4.74 Å². The molecule has 2 rings (SSSR count). The first-order valence-corrected chi connectivity index (χ1v) is 6.77. The molecule has 0 fully saturated rings. The Morgan fingerprint density at radius 2 is 1.52 bits per heavy atom. The van der Waals surface area contributed by atoms with Crippen LogP contribution in [0.15, 0.2) is 42.5 Å². The van der Waals surface area contributed by atoms with Crippen molar-refractivity contribution in [2.24, 2.45) is 0 Å². The van der Waals surface area contributed by atoms with Crippen LogP contribution in [0.5, 0.6) is 17.2 Å². The molecule has 0 spiro atoms. The predicted molar refractivity (Wildman–Crippen MR) is 82.3 cm³/mol. The Labute approximate surface area is 133 Å². The summed E-state index contributed by atoms with van der Waals surface area (Å²) in [5.41, 5.74) is 0.245. The van der Waals surface area contributed by atoms with Gasteiger partial charge in [-0.3, -0.25) is 4.79 Å². The monoisotopic (exact) mass is 316 g/mol. The minimum Gasteiger partial charge on any atom is -0.504 e. The van der Waals surface area contributed by atoms with Gasteiger partial charge in [-0.1, -0.05) is 18.2 Å². The highest BCUT2D eigenvalue weighted by Crippen LogP contribution is 2.29. The number of benzene rings is 2. The molecular formula is C17H16O6. The SMILES string of the molecule is COc1ccccc1C(=O)COC(=O)c1cccc(OC)c1O. The lowest BCUT2D eigenvalue weighted by Gasteiger charge is -2.10. The number of carbonyl (C=O) groups excluding carboxylic acids is 2. The zero-order valence-corrected chi connectivity index (χ0v) is 12.7. The zero-order valence-electron chi connectivity index (χ0n) is 12.7. The maximum absolute atomic E-state index is 12.1. The van der Waals surface area contributed by atoms with Crippen LogP contribution in [0.3, 0.4) is 0 Å². The van der Waals surface area contributed by atoms with Crippen LogP contribution in [0.4, 0.5) is 0 Å². The van der Waals surface area contributed by atoms with Crippen molar-refractivity contribution in [1.82, 2.24) is 0 Å². The number of rotatable bonds is 6. The van der Waals surface area contributed by atoms with E-state index in [0.717, 1.165) is 0 Å². The fraction of sp³-hybridized carbons (Fsp3) is 0.176.